The maximum absolute atomic E-state index is 11.7. The van der Waals surface area contributed by atoms with Gasteiger partial charge in [-0.3, -0.25) is 4.79 Å². The summed E-state index contributed by atoms with van der Waals surface area (Å²) in [4.78, 5) is 11.7. The lowest BCUT2D eigenvalue weighted by molar-refractivity contribution is -0.140. The van der Waals surface area contributed by atoms with E-state index in [1.54, 1.807) is 0 Å². The van der Waals surface area contributed by atoms with Crippen molar-refractivity contribution < 1.29 is 9.53 Å². The first kappa shape index (κ1) is 15.7. The van der Waals surface area contributed by atoms with Gasteiger partial charge in [-0.1, -0.05) is 60.3 Å². The molecule has 0 N–H and O–H groups in total. The van der Waals surface area contributed by atoms with Gasteiger partial charge in [-0.25, -0.2) is 0 Å². The second-order valence-electron chi connectivity index (χ2n) is 5.45. The molecule has 104 valence electrons. The predicted octanol–water partition coefficient (Wildman–Crippen LogP) is 3.50. The molecule has 0 spiro atoms. The number of methoxy groups -OCH3 is 1. The first-order chi connectivity index (χ1) is 8.93. The van der Waals surface area contributed by atoms with Crippen LogP contribution in [0.4, 0.5) is 0 Å². The predicted molar refractivity (Wildman–Crippen MR) is 83.4 cm³/mol. The summed E-state index contributed by atoms with van der Waals surface area (Å²) < 4.78 is 4.86. The van der Waals surface area contributed by atoms with Gasteiger partial charge in [-0.2, -0.15) is 0 Å². The van der Waals surface area contributed by atoms with Crippen LogP contribution >= 0.6 is 0 Å². The van der Waals surface area contributed by atoms with Crippen LogP contribution in [0.15, 0.2) is 42.0 Å². The molecule has 0 unspecified atom stereocenters. The van der Waals surface area contributed by atoms with E-state index in [0.717, 1.165) is 0 Å². The Hall–Kier alpha value is -1.35. The molecule has 3 heteroatoms. The van der Waals surface area contributed by atoms with Crippen LogP contribution in [0.1, 0.15) is 20.3 Å². The first-order valence-corrected chi connectivity index (χ1v) is 9.76. The number of hydrogen-bond donors (Lipinski definition) is 0. The maximum atomic E-state index is 11.7. The lowest BCUT2D eigenvalue weighted by atomic mass is 10.1. The molecule has 0 bridgehead atoms. The zero-order chi connectivity index (χ0) is 14.5. The molecule has 19 heavy (non-hydrogen) atoms. The summed E-state index contributed by atoms with van der Waals surface area (Å²) in [6.45, 7) is 8.80. The molecule has 1 aromatic carbocycles. The summed E-state index contributed by atoms with van der Waals surface area (Å²) in [6.07, 6.45) is 2.59. The van der Waals surface area contributed by atoms with Crippen LogP contribution in [-0.2, 0) is 9.53 Å². The summed E-state index contributed by atoms with van der Waals surface area (Å²) in [5.41, 5.74) is 1.57. The third-order valence-electron chi connectivity index (χ3n) is 3.99. The van der Waals surface area contributed by atoms with Crippen molar-refractivity contribution in [3.8, 4) is 0 Å². The number of benzene rings is 1. The normalized spacial score (nSPS) is 14.1. The average Bonchev–Trinajstić information content (AvgIpc) is 2.44. The second-order valence-corrected chi connectivity index (χ2v) is 10.2. The Morgan fingerprint density at radius 3 is 2.37 bits per heavy atom. The van der Waals surface area contributed by atoms with Gasteiger partial charge in [0.2, 0.25) is 0 Å². The van der Waals surface area contributed by atoms with Gasteiger partial charge >= 0.3 is 5.97 Å². The largest absolute Gasteiger partial charge is 0.469 e. The van der Waals surface area contributed by atoms with Crippen LogP contribution in [0.2, 0.25) is 18.6 Å². The summed E-state index contributed by atoms with van der Waals surface area (Å²) in [7, 11) is -0.281. The quantitative estimate of drug-likeness (QED) is 0.467. The molecule has 0 saturated carbocycles. The molecule has 0 heterocycles. The molecule has 1 rings (SSSR count). The van der Waals surface area contributed by atoms with Gasteiger partial charge in [-0.15, -0.1) is 0 Å². The van der Waals surface area contributed by atoms with Gasteiger partial charge < -0.3 is 4.74 Å². The zero-order valence-corrected chi connectivity index (χ0v) is 13.6. The topological polar surface area (TPSA) is 26.3 Å². The number of hydrogen-bond acceptors (Lipinski definition) is 2. The molecule has 0 aromatic heterocycles. The summed E-state index contributed by atoms with van der Waals surface area (Å²) >= 11 is 0. The number of rotatable bonds is 5. The van der Waals surface area contributed by atoms with Crippen LogP contribution < -0.4 is 5.19 Å². The molecule has 0 aliphatic carbocycles. The van der Waals surface area contributed by atoms with Crippen LogP contribution in [0.25, 0.3) is 0 Å². The number of ether oxygens (including phenoxy) is 1. The average molecular weight is 276 g/mol. The van der Waals surface area contributed by atoms with E-state index < -0.39 is 8.07 Å². The van der Waals surface area contributed by atoms with Crippen LogP contribution in [0.5, 0.6) is 0 Å². The van der Waals surface area contributed by atoms with Crippen molar-refractivity contribution in [2.75, 3.05) is 7.11 Å². The van der Waals surface area contributed by atoms with E-state index >= 15 is 0 Å². The minimum absolute atomic E-state index is 0.122. The van der Waals surface area contributed by atoms with E-state index in [2.05, 4.69) is 50.4 Å². The molecule has 0 aliphatic rings. The lowest BCUT2D eigenvalue weighted by Crippen LogP contribution is -2.47. The summed E-state index contributed by atoms with van der Waals surface area (Å²) in [5.74, 6) is -0.122. The fourth-order valence-corrected chi connectivity index (χ4v) is 5.94. The number of esters is 1. The van der Waals surface area contributed by atoms with Crippen LogP contribution in [0, 0.1) is 0 Å². The highest BCUT2D eigenvalue weighted by Gasteiger charge is 2.36. The van der Waals surface area contributed by atoms with Crippen LogP contribution in [0.3, 0.4) is 0 Å². The van der Waals surface area contributed by atoms with E-state index in [9.17, 15) is 4.79 Å². The van der Waals surface area contributed by atoms with Gasteiger partial charge in [0.05, 0.1) is 15.2 Å². The SMILES string of the molecule is C/C=C(\C)[C@@H](CC(=O)OC)[Si](C)(C)c1ccccc1. The third-order valence-corrected chi connectivity index (χ3v) is 8.22. The zero-order valence-electron chi connectivity index (χ0n) is 12.6. The maximum Gasteiger partial charge on any atom is 0.305 e. The minimum atomic E-state index is -1.74. The van der Waals surface area contributed by atoms with E-state index in [-0.39, 0.29) is 11.5 Å². The minimum Gasteiger partial charge on any atom is -0.469 e. The molecule has 1 atom stereocenters. The molecule has 0 radical (unpaired) electrons. The van der Waals surface area contributed by atoms with E-state index in [4.69, 9.17) is 4.74 Å². The fraction of sp³-hybridized carbons (Fsp3) is 0.438. The molecule has 0 fully saturated rings. The van der Waals surface area contributed by atoms with Gasteiger partial charge in [0.25, 0.3) is 0 Å². The Morgan fingerprint density at radius 2 is 1.89 bits per heavy atom. The van der Waals surface area contributed by atoms with E-state index in [1.165, 1.54) is 17.9 Å². The Balaban J connectivity index is 3.12. The summed E-state index contributed by atoms with van der Waals surface area (Å²) in [6, 6.07) is 10.5. The van der Waals surface area contributed by atoms with Crippen molar-refractivity contribution in [3.05, 3.63) is 42.0 Å². The Bertz CT molecular complexity index is 449. The van der Waals surface area contributed by atoms with Crippen molar-refractivity contribution in [2.24, 2.45) is 0 Å². The van der Waals surface area contributed by atoms with Gasteiger partial charge in [0, 0.05) is 6.42 Å². The molecule has 0 saturated heterocycles. The number of allylic oxidation sites excluding steroid dienone is 2. The Kier molecular flexibility index (Phi) is 5.55. The molecule has 0 amide bonds. The lowest BCUT2D eigenvalue weighted by Gasteiger charge is -2.33. The third kappa shape index (κ3) is 3.80. The second kappa shape index (κ2) is 6.71. The highest BCUT2D eigenvalue weighted by molar-refractivity contribution is 6.91. The number of carbonyl (C=O) groups excluding carboxylic acids is 1. The van der Waals surface area contributed by atoms with E-state index in [0.29, 0.717) is 6.42 Å². The van der Waals surface area contributed by atoms with Crippen LogP contribution in [-0.4, -0.2) is 21.2 Å². The summed E-state index contributed by atoms with van der Waals surface area (Å²) in [5, 5.41) is 1.38. The monoisotopic (exact) mass is 276 g/mol. The van der Waals surface area contributed by atoms with Crippen molar-refractivity contribution in [3.63, 3.8) is 0 Å². The first-order valence-electron chi connectivity index (χ1n) is 6.68. The standard InChI is InChI=1S/C16H24O2Si/c1-6-13(2)15(12-16(17)18-3)19(4,5)14-10-8-7-9-11-14/h6-11,15H,12H2,1-5H3/b13-6+/t15-/m1/s1. The number of carbonyl (C=O) groups is 1. The molecular weight excluding hydrogens is 252 g/mol. The van der Waals surface area contributed by atoms with Gasteiger partial charge in [-0.05, 0) is 19.4 Å². The smallest absolute Gasteiger partial charge is 0.305 e. The Labute approximate surface area is 117 Å². The highest BCUT2D eigenvalue weighted by Crippen LogP contribution is 2.33. The highest BCUT2D eigenvalue weighted by atomic mass is 28.3. The van der Waals surface area contributed by atoms with Crippen molar-refractivity contribution >= 4 is 19.2 Å². The molecule has 0 aliphatic heterocycles. The van der Waals surface area contributed by atoms with Crippen molar-refractivity contribution in [2.45, 2.75) is 38.9 Å². The Morgan fingerprint density at radius 1 is 1.32 bits per heavy atom. The fourth-order valence-electron chi connectivity index (χ4n) is 2.51. The molecule has 2 nitrogen and oxygen atoms in total. The molecular formula is C16H24O2Si. The van der Waals surface area contributed by atoms with Crippen molar-refractivity contribution in [1.82, 2.24) is 0 Å². The van der Waals surface area contributed by atoms with Gasteiger partial charge in [0.1, 0.15) is 0 Å². The molecule has 1 aromatic rings. The van der Waals surface area contributed by atoms with E-state index in [1.807, 2.05) is 13.0 Å². The van der Waals surface area contributed by atoms with Crippen molar-refractivity contribution in [1.29, 1.82) is 0 Å². The van der Waals surface area contributed by atoms with Gasteiger partial charge in [0.15, 0.2) is 0 Å².